The maximum atomic E-state index is 14.5. The molecule has 14 nitrogen and oxygen atoms in total. The fourth-order valence-corrected chi connectivity index (χ4v) is 10.8. The number of allylic oxidation sites excluding steroid dienone is 6. The molecule has 0 spiro atoms. The number of carbonyl (C=O) groups is 4. The lowest BCUT2D eigenvalue weighted by Gasteiger charge is -2.43. The van der Waals surface area contributed by atoms with Crippen molar-refractivity contribution in [1.29, 1.82) is 0 Å². The second kappa shape index (κ2) is 28.1. The number of aliphatic hydroxyl groups is 3. The van der Waals surface area contributed by atoms with Crippen molar-refractivity contribution in [2.75, 3.05) is 40.6 Å². The largest absolute Gasteiger partial charge is 0.461 e. The SMILES string of the molecule is CCO[C@H]1C[C@@H]2CC[C@@H](C)[C@@](O)(O2)C(=O)C(=O)N2CCCC[C@H]2C(=O)O[C@H]([C@H](C)C[C@@H]2CC[C@@H](OCCO)[C@H](OC)C2)CC[C@H](C)/C=C(\C)[C@@H](O)[C@@H](OC)C(=O)[C@H](C)C[C@H](C)/C=C/C=C/C=C/1C. The number of carbonyl (C=O) groups excluding carboxylic acids is 4. The number of piperidine rings is 1. The third-order valence-electron chi connectivity index (χ3n) is 15.0. The summed E-state index contributed by atoms with van der Waals surface area (Å²) in [6.07, 6.45) is 15.4. The van der Waals surface area contributed by atoms with E-state index in [9.17, 15) is 34.5 Å². The predicted molar refractivity (Wildman–Crippen MR) is 260 cm³/mol. The monoisotopic (exact) mass is 958 g/mol. The van der Waals surface area contributed by atoms with Crippen molar-refractivity contribution in [3.63, 3.8) is 0 Å². The van der Waals surface area contributed by atoms with E-state index >= 15 is 0 Å². The minimum atomic E-state index is -2.39. The van der Waals surface area contributed by atoms with E-state index in [-0.39, 0.29) is 73.4 Å². The van der Waals surface area contributed by atoms with E-state index in [2.05, 4.69) is 6.92 Å². The van der Waals surface area contributed by atoms with Crippen molar-refractivity contribution in [2.24, 2.45) is 35.5 Å². The van der Waals surface area contributed by atoms with Crippen LogP contribution >= 0.6 is 0 Å². The molecule has 0 aromatic rings. The molecule has 4 aliphatic rings. The minimum absolute atomic E-state index is 0.0636. The number of ether oxygens (including phenoxy) is 6. The first-order valence-corrected chi connectivity index (χ1v) is 25.7. The number of Topliss-reactive ketones (excluding diaryl/α,β-unsaturated/α-hetero) is 2. The average Bonchev–Trinajstić information content (AvgIpc) is 3.32. The van der Waals surface area contributed by atoms with Crippen LogP contribution in [0.2, 0.25) is 0 Å². The van der Waals surface area contributed by atoms with Crippen molar-refractivity contribution in [2.45, 2.75) is 193 Å². The number of nitrogens with zero attached hydrogens (tertiary/aromatic N) is 1. The molecule has 1 saturated carbocycles. The van der Waals surface area contributed by atoms with Crippen LogP contribution in [0.4, 0.5) is 0 Å². The summed E-state index contributed by atoms with van der Waals surface area (Å²) in [5.74, 6) is -6.09. The Balaban J connectivity index is 1.68. The van der Waals surface area contributed by atoms with Gasteiger partial charge in [0, 0.05) is 45.6 Å². The van der Waals surface area contributed by atoms with Gasteiger partial charge < -0.3 is 48.6 Å². The van der Waals surface area contributed by atoms with Crippen LogP contribution in [0, 0.1) is 35.5 Å². The lowest BCUT2D eigenvalue weighted by atomic mass is 9.78. The number of ketones is 2. The van der Waals surface area contributed by atoms with Gasteiger partial charge in [0.25, 0.3) is 11.7 Å². The zero-order valence-electron chi connectivity index (χ0n) is 42.9. The van der Waals surface area contributed by atoms with Crippen LogP contribution in [0.5, 0.6) is 0 Å². The molecule has 4 rings (SSSR count). The lowest BCUT2D eigenvalue weighted by molar-refractivity contribution is -0.266. The van der Waals surface area contributed by atoms with E-state index in [1.165, 1.54) is 12.0 Å². The molecule has 3 fully saturated rings. The molecule has 0 aromatic heterocycles. The number of hydrogen-bond acceptors (Lipinski definition) is 13. The van der Waals surface area contributed by atoms with Gasteiger partial charge in [-0.3, -0.25) is 14.4 Å². The lowest BCUT2D eigenvalue weighted by Crippen LogP contribution is -2.61. The number of cyclic esters (lactones) is 1. The second-order valence-electron chi connectivity index (χ2n) is 20.5. The quantitative estimate of drug-likeness (QED) is 0.112. The summed E-state index contributed by atoms with van der Waals surface area (Å²) in [5.41, 5.74) is 1.53. The van der Waals surface area contributed by atoms with Gasteiger partial charge in [-0.1, -0.05) is 71.1 Å². The topological polar surface area (TPSA) is 188 Å². The molecule has 14 heteroatoms. The van der Waals surface area contributed by atoms with Gasteiger partial charge in [0.1, 0.15) is 24.4 Å². The van der Waals surface area contributed by atoms with Gasteiger partial charge >= 0.3 is 5.97 Å². The first-order valence-electron chi connectivity index (χ1n) is 25.7. The molecule has 0 radical (unpaired) electrons. The highest BCUT2D eigenvalue weighted by Gasteiger charge is 2.53. The Bertz CT molecular complexity index is 1740. The van der Waals surface area contributed by atoms with Crippen LogP contribution in [0.1, 0.15) is 139 Å². The number of aliphatic hydroxyl groups excluding tert-OH is 2. The number of fused-ring (bicyclic) bond motifs is 3. The van der Waals surface area contributed by atoms with Gasteiger partial charge in [-0.2, -0.15) is 0 Å². The zero-order chi connectivity index (χ0) is 50.1. The van der Waals surface area contributed by atoms with E-state index in [1.54, 1.807) is 21.0 Å². The summed E-state index contributed by atoms with van der Waals surface area (Å²) < 4.78 is 36.2. The van der Waals surface area contributed by atoms with E-state index in [0.29, 0.717) is 70.0 Å². The zero-order valence-corrected chi connectivity index (χ0v) is 42.9. The average molecular weight is 958 g/mol. The standard InChI is InChI=1S/C54H87NO13/c1-11-65-46-33-42-23-21-40(8)54(62,68-42)51(59)52(60)55-26-16-15-19-43(55)53(61)67-44(37(5)31-41-22-25-45(66-28-27-56)47(32-41)63-9)24-20-35(3)30-39(7)49(58)50(64-10)48(57)38(6)29-34(2)17-13-12-14-18-36(46)4/h12-14,17-18,30,34-35,37-38,40-47,49-50,56,58,62H,11,15-16,19-29,31-33H2,1-10H3/b14-12+,17-13+,36-18+,39-30+/t34-,35+,37-,38-,40-,41+,42+,43+,44+,45-,46+,47-,49-,50+,54-/m1/s1. The third-order valence-corrected chi connectivity index (χ3v) is 15.0. The molecule has 2 saturated heterocycles. The van der Waals surface area contributed by atoms with E-state index in [0.717, 1.165) is 31.3 Å². The van der Waals surface area contributed by atoms with E-state index in [1.807, 2.05) is 71.1 Å². The number of esters is 1. The van der Waals surface area contributed by atoms with Crippen LogP contribution in [-0.2, 0) is 47.6 Å². The molecule has 3 aliphatic heterocycles. The first-order chi connectivity index (χ1) is 32.4. The fourth-order valence-electron chi connectivity index (χ4n) is 10.8. The van der Waals surface area contributed by atoms with Crippen molar-refractivity contribution < 1.29 is 62.9 Å². The smallest absolute Gasteiger partial charge is 0.329 e. The molecule has 0 unspecified atom stereocenters. The molecular formula is C54H87NO13. The maximum absolute atomic E-state index is 14.5. The number of methoxy groups -OCH3 is 2. The highest BCUT2D eigenvalue weighted by molar-refractivity contribution is 6.39. The highest BCUT2D eigenvalue weighted by Crippen LogP contribution is 2.38. The van der Waals surface area contributed by atoms with Gasteiger partial charge in [-0.15, -0.1) is 0 Å². The van der Waals surface area contributed by atoms with Gasteiger partial charge in [-0.25, -0.2) is 4.79 Å². The second-order valence-corrected chi connectivity index (χ2v) is 20.5. The fraction of sp³-hybridized carbons (Fsp3) is 0.778. The highest BCUT2D eigenvalue weighted by atomic mass is 16.6. The molecule has 68 heavy (non-hydrogen) atoms. The minimum Gasteiger partial charge on any atom is -0.461 e. The molecule has 15 atom stereocenters. The van der Waals surface area contributed by atoms with E-state index in [4.69, 9.17) is 28.4 Å². The van der Waals surface area contributed by atoms with Gasteiger partial charge in [0.2, 0.25) is 5.79 Å². The first kappa shape index (κ1) is 57.5. The Morgan fingerprint density at radius 2 is 1.59 bits per heavy atom. The Morgan fingerprint density at radius 3 is 2.28 bits per heavy atom. The van der Waals surface area contributed by atoms with Gasteiger partial charge in [0.05, 0.1) is 37.6 Å². The number of hydrogen-bond donors (Lipinski definition) is 3. The predicted octanol–water partition coefficient (Wildman–Crippen LogP) is 7.41. The molecule has 3 heterocycles. The number of rotatable bonds is 10. The molecule has 3 N–H and O–H groups in total. The third kappa shape index (κ3) is 16.0. The molecule has 2 bridgehead atoms. The van der Waals surface area contributed by atoms with E-state index < -0.39 is 59.8 Å². The molecule has 386 valence electrons. The Labute approximate surface area is 407 Å². The normalized spacial score (nSPS) is 39.1. The Morgan fingerprint density at radius 1 is 0.838 bits per heavy atom. The van der Waals surface area contributed by atoms with Crippen LogP contribution in [0.3, 0.4) is 0 Å². The summed E-state index contributed by atoms with van der Waals surface area (Å²) in [6, 6.07) is -1.03. The van der Waals surface area contributed by atoms with Crippen molar-refractivity contribution >= 4 is 23.4 Å². The van der Waals surface area contributed by atoms with Crippen molar-refractivity contribution in [3.8, 4) is 0 Å². The van der Waals surface area contributed by atoms with Crippen molar-refractivity contribution in [3.05, 3.63) is 47.6 Å². The summed E-state index contributed by atoms with van der Waals surface area (Å²) in [5, 5.41) is 32.9. The van der Waals surface area contributed by atoms with Crippen LogP contribution in [0.15, 0.2) is 47.6 Å². The maximum Gasteiger partial charge on any atom is 0.329 e. The molecule has 1 aliphatic carbocycles. The van der Waals surface area contributed by atoms with Gasteiger partial charge in [-0.05, 0) is 133 Å². The van der Waals surface area contributed by atoms with Crippen molar-refractivity contribution in [1.82, 2.24) is 4.90 Å². The van der Waals surface area contributed by atoms with Crippen LogP contribution < -0.4 is 0 Å². The summed E-state index contributed by atoms with van der Waals surface area (Å²) in [7, 11) is 3.12. The van der Waals surface area contributed by atoms with Gasteiger partial charge in [0.15, 0.2) is 5.78 Å². The Hall–Kier alpha value is -3.08. The molecule has 1 amide bonds. The summed E-state index contributed by atoms with van der Waals surface area (Å²) in [4.78, 5) is 58.2. The van der Waals surface area contributed by atoms with Crippen LogP contribution in [0.25, 0.3) is 0 Å². The molecule has 0 aromatic carbocycles. The van der Waals surface area contributed by atoms with Crippen LogP contribution in [-0.4, -0.2) is 139 Å². The summed E-state index contributed by atoms with van der Waals surface area (Å²) >= 11 is 0. The summed E-state index contributed by atoms with van der Waals surface area (Å²) in [6.45, 7) is 16.1. The molecular weight excluding hydrogens is 871 g/mol. The number of amides is 1. The Kier molecular flexibility index (Phi) is 23.7.